The van der Waals surface area contributed by atoms with Crippen molar-refractivity contribution >= 4 is 5.69 Å². The molecule has 0 aromatic heterocycles. The van der Waals surface area contributed by atoms with Gasteiger partial charge in [0.05, 0.1) is 16.8 Å². The van der Waals surface area contributed by atoms with Crippen LogP contribution in [0, 0.1) is 17.2 Å². The van der Waals surface area contributed by atoms with Gasteiger partial charge in [-0.3, -0.25) is 0 Å². The summed E-state index contributed by atoms with van der Waals surface area (Å²) in [4.78, 5) is 0. The quantitative estimate of drug-likeness (QED) is 0.892. The molecule has 1 fully saturated rings. The fourth-order valence-corrected chi connectivity index (χ4v) is 2.27. The maximum atomic E-state index is 12.6. The molecule has 1 saturated carbocycles. The highest BCUT2D eigenvalue weighted by molar-refractivity contribution is 5.60. The van der Waals surface area contributed by atoms with Crippen molar-refractivity contribution in [3.05, 3.63) is 29.3 Å². The van der Waals surface area contributed by atoms with Crippen LogP contribution in [-0.4, -0.2) is 12.1 Å². The Morgan fingerprint density at radius 1 is 1.40 bits per heavy atom. The number of hydrogen-bond donors (Lipinski definition) is 2. The molecule has 1 aromatic rings. The Morgan fingerprint density at radius 2 is 2.05 bits per heavy atom. The van der Waals surface area contributed by atoms with Gasteiger partial charge < -0.3 is 11.1 Å². The molecular formula is C14H16F3N3. The van der Waals surface area contributed by atoms with Crippen molar-refractivity contribution in [3.63, 3.8) is 0 Å². The lowest BCUT2D eigenvalue weighted by molar-refractivity contribution is -0.137. The Balaban J connectivity index is 2.31. The summed E-state index contributed by atoms with van der Waals surface area (Å²) in [5.41, 5.74) is 4.95. The lowest BCUT2D eigenvalue weighted by Gasteiger charge is -2.31. The van der Waals surface area contributed by atoms with Gasteiger partial charge in [-0.25, -0.2) is 0 Å². The molecule has 1 aliphatic rings. The maximum Gasteiger partial charge on any atom is 0.416 e. The van der Waals surface area contributed by atoms with Gasteiger partial charge in [-0.15, -0.1) is 0 Å². The average molecular weight is 283 g/mol. The van der Waals surface area contributed by atoms with Gasteiger partial charge in [-0.1, -0.05) is 0 Å². The second-order valence-corrected chi connectivity index (χ2v) is 5.39. The van der Waals surface area contributed by atoms with Crippen molar-refractivity contribution in [2.75, 3.05) is 11.9 Å². The van der Waals surface area contributed by atoms with E-state index in [0.29, 0.717) is 18.2 Å². The zero-order valence-electron chi connectivity index (χ0n) is 11.1. The minimum absolute atomic E-state index is 0.0137. The number of anilines is 1. The van der Waals surface area contributed by atoms with Gasteiger partial charge in [0.15, 0.2) is 0 Å². The standard InChI is InChI=1S/C14H16F3N3/c1-13(8-19,10-2-3-10)20-12-5-4-11(14(15,16)17)6-9(12)7-18/h4-6,10,20H,2-3,8,19H2,1H3. The third kappa shape index (κ3) is 2.88. The van der Waals surface area contributed by atoms with E-state index < -0.39 is 11.7 Å². The molecule has 0 spiro atoms. The molecule has 20 heavy (non-hydrogen) atoms. The van der Waals surface area contributed by atoms with Crippen molar-refractivity contribution in [2.24, 2.45) is 11.7 Å². The highest BCUT2D eigenvalue weighted by Crippen LogP contribution is 2.41. The number of hydrogen-bond acceptors (Lipinski definition) is 3. The molecule has 3 nitrogen and oxygen atoms in total. The summed E-state index contributed by atoms with van der Waals surface area (Å²) in [7, 11) is 0. The van der Waals surface area contributed by atoms with E-state index in [1.54, 1.807) is 0 Å². The number of nitrogens with zero attached hydrogens (tertiary/aromatic N) is 1. The molecule has 3 N–H and O–H groups in total. The van der Waals surface area contributed by atoms with Crippen molar-refractivity contribution in [1.29, 1.82) is 5.26 Å². The monoisotopic (exact) mass is 283 g/mol. The molecule has 6 heteroatoms. The van der Waals surface area contributed by atoms with Crippen LogP contribution in [0.3, 0.4) is 0 Å². The highest BCUT2D eigenvalue weighted by Gasteiger charge is 2.41. The molecule has 1 atom stereocenters. The summed E-state index contributed by atoms with van der Waals surface area (Å²) in [5, 5.41) is 12.2. The molecule has 1 aromatic carbocycles. The average Bonchev–Trinajstić information content (AvgIpc) is 3.22. The van der Waals surface area contributed by atoms with Crippen molar-refractivity contribution in [2.45, 2.75) is 31.5 Å². The molecule has 0 bridgehead atoms. The summed E-state index contributed by atoms with van der Waals surface area (Å²) < 4.78 is 37.9. The van der Waals surface area contributed by atoms with Crippen LogP contribution in [-0.2, 0) is 6.18 Å². The van der Waals surface area contributed by atoms with Gasteiger partial charge in [-0.2, -0.15) is 18.4 Å². The van der Waals surface area contributed by atoms with E-state index in [1.807, 2.05) is 13.0 Å². The Morgan fingerprint density at radius 3 is 2.50 bits per heavy atom. The van der Waals surface area contributed by atoms with Gasteiger partial charge >= 0.3 is 6.18 Å². The largest absolute Gasteiger partial charge is 0.416 e. The molecule has 0 amide bonds. The molecule has 108 valence electrons. The second kappa shape index (κ2) is 4.98. The van der Waals surface area contributed by atoms with E-state index >= 15 is 0 Å². The molecular weight excluding hydrogens is 267 g/mol. The van der Waals surface area contributed by atoms with E-state index in [1.165, 1.54) is 6.07 Å². The summed E-state index contributed by atoms with van der Waals surface area (Å²) >= 11 is 0. The minimum atomic E-state index is -4.45. The van der Waals surface area contributed by atoms with E-state index in [4.69, 9.17) is 11.0 Å². The lowest BCUT2D eigenvalue weighted by Crippen LogP contribution is -2.44. The van der Waals surface area contributed by atoms with Gasteiger partial charge in [0, 0.05) is 12.1 Å². The Bertz CT molecular complexity index is 544. The number of halogens is 3. The van der Waals surface area contributed by atoms with Crippen LogP contribution in [0.4, 0.5) is 18.9 Å². The van der Waals surface area contributed by atoms with Crippen LogP contribution in [0.15, 0.2) is 18.2 Å². The zero-order valence-corrected chi connectivity index (χ0v) is 11.1. The van der Waals surface area contributed by atoms with Crippen LogP contribution in [0.25, 0.3) is 0 Å². The molecule has 0 radical (unpaired) electrons. The molecule has 1 unspecified atom stereocenters. The van der Waals surface area contributed by atoms with Gasteiger partial charge in [0.2, 0.25) is 0 Å². The van der Waals surface area contributed by atoms with E-state index in [9.17, 15) is 13.2 Å². The molecule has 0 heterocycles. The third-order valence-electron chi connectivity index (χ3n) is 3.79. The fraction of sp³-hybridized carbons (Fsp3) is 0.500. The van der Waals surface area contributed by atoms with Crippen LogP contribution in [0.5, 0.6) is 0 Å². The van der Waals surface area contributed by atoms with Gasteiger partial charge in [0.1, 0.15) is 6.07 Å². The van der Waals surface area contributed by atoms with Crippen molar-refractivity contribution in [3.8, 4) is 6.07 Å². The topological polar surface area (TPSA) is 61.8 Å². The SMILES string of the molecule is CC(CN)(Nc1ccc(C(F)(F)F)cc1C#N)C1CC1. The van der Waals surface area contributed by atoms with Gasteiger partial charge in [0.25, 0.3) is 0 Å². The van der Waals surface area contributed by atoms with Crippen LogP contribution < -0.4 is 11.1 Å². The number of nitriles is 1. The summed E-state index contributed by atoms with van der Waals surface area (Å²) in [6.45, 7) is 2.30. The summed E-state index contributed by atoms with van der Waals surface area (Å²) in [6.07, 6.45) is -2.36. The van der Waals surface area contributed by atoms with E-state index in [-0.39, 0.29) is 11.1 Å². The predicted molar refractivity (Wildman–Crippen MR) is 70.0 cm³/mol. The lowest BCUT2D eigenvalue weighted by atomic mass is 9.94. The van der Waals surface area contributed by atoms with E-state index in [2.05, 4.69) is 5.32 Å². The first-order chi connectivity index (χ1) is 9.30. The predicted octanol–water partition coefficient (Wildman–Crippen LogP) is 3.12. The fourth-order valence-electron chi connectivity index (χ4n) is 2.27. The second-order valence-electron chi connectivity index (χ2n) is 5.39. The van der Waals surface area contributed by atoms with E-state index in [0.717, 1.165) is 25.0 Å². The first-order valence-corrected chi connectivity index (χ1v) is 6.40. The van der Waals surface area contributed by atoms with Crippen LogP contribution in [0.1, 0.15) is 30.9 Å². The minimum Gasteiger partial charge on any atom is -0.377 e. The van der Waals surface area contributed by atoms with Crippen LogP contribution in [0.2, 0.25) is 0 Å². The van der Waals surface area contributed by atoms with Crippen LogP contribution >= 0.6 is 0 Å². The summed E-state index contributed by atoms with van der Waals surface area (Å²) in [5.74, 6) is 0.404. The van der Waals surface area contributed by atoms with Crippen molar-refractivity contribution in [1.82, 2.24) is 0 Å². The number of benzene rings is 1. The third-order valence-corrected chi connectivity index (χ3v) is 3.79. The Hall–Kier alpha value is -1.74. The van der Waals surface area contributed by atoms with Crippen molar-refractivity contribution < 1.29 is 13.2 Å². The zero-order chi connectivity index (χ0) is 15.0. The smallest absolute Gasteiger partial charge is 0.377 e. The molecule has 0 saturated heterocycles. The number of alkyl halides is 3. The first-order valence-electron chi connectivity index (χ1n) is 6.40. The number of nitrogens with one attached hydrogen (secondary N) is 1. The Kier molecular flexibility index (Phi) is 3.65. The maximum absolute atomic E-state index is 12.6. The first kappa shape index (κ1) is 14.7. The Labute approximate surface area is 115 Å². The van der Waals surface area contributed by atoms with Gasteiger partial charge in [-0.05, 0) is 43.9 Å². The molecule has 0 aliphatic heterocycles. The highest BCUT2D eigenvalue weighted by atomic mass is 19.4. The number of nitrogens with two attached hydrogens (primary N) is 1. The number of rotatable bonds is 4. The summed E-state index contributed by atoms with van der Waals surface area (Å²) in [6, 6.07) is 4.96. The normalized spacial score (nSPS) is 18.2. The molecule has 1 aliphatic carbocycles. The molecule has 2 rings (SSSR count).